The molecule has 0 saturated carbocycles. The number of hydrogen-bond acceptors (Lipinski definition) is 6. The second kappa shape index (κ2) is 8.87. The summed E-state index contributed by atoms with van der Waals surface area (Å²) < 4.78 is 10.8. The van der Waals surface area contributed by atoms with Crippen molar-refractivity contribution in [3.05, 3.63) is 65.5 Å². The number of aromatic nitrogens is 1. The van der Waals surface area contributed by atoms with E-state index in [4.69, 9.17) is 9.47 Å². The highest BCUT2D eigenvalue weighted by atomic mass is 16.5. The molecule has 1 fully saturated rings. The molecule has 1 aliphatic rings. The highest BCUT2D eigenvalue weighted by Gasteiger charge is 2.46. The Morgan fingerprint density at radius 2 is 2.03 bits per heavy atom. The molecule has 1 atom stereocenters. The maximum absolute atomic E-state index is 12.9. The fourth-order valence-electron chi connectivity index (χ4n) is 3.31. The van der Waals surface area contributed by atoms with Crippen LogP contribution in [0.2, 0.25) is 0 Å². The zero-order chi connectivity index (χ0) is 21.0. The molecule has 0 spiro atoms. The quantitative estimate of drug-likeness (QED) is 0.440. The molecule has 1 aliphatic heterocycles. The van der Waals surface area contributed by atoms with E-state index >= 15 is 0 Å². The Morgan fingerprint density at radius 1 is 1.24 bits per heavy atom. The van der Waals surface area contributed by atoms with Crippen LogP contribution in [0, 0.1) is 0 Å². The Bertz CT molecular complexity index is 924. The van der Waals surface area contributed by atoms with Crippen molar-refractivity contribution in [2.45, 2.75) is 26.0 Å². The average Bonchev–Trinajstić information content (AvgIpc) is 2.98. The number of benzene rings is 1. The summed E-state index contributed by atoms with van der Waals surface area (Å²) in [5.41, 5.74) is 1.07. The fourth-order valence-corrected chi connectivity index (χ4v) is 3.31. The van der Waals surface area contributed by atoms with E-state index in [-0.39, 0.29) is 30.6 Å². The van der Waals surface area contributed by atoms with Crippen molar-refractivity contribution in [1.29, 1.82) is 0 Å². The number of carbonyl (C=O) groups is 2. The number of rotatable bonds is 7. The Hall–Kier alpha value is -3.19. The lowest BCUT2D eigenvalue weighted by molar-refractivity contribution is -0.140. The number of pyridine rings is 1. The molecule has 1 amide bonds. The van der Waals surface area contributed by atoms with Gasteiger partial charge in [0.25, 0.3) is 11.7 Å². The Kier molecular flexibility index (Phi) is 6.29. The second-order valence-corrected chi connectivity index (χ2v) is 6.93. The number of ether oxygens (including phenoxy) is 2. The van der Waals surface area contributed by atoms with Gasteiger partial charge in [-0.2, -0.15) is 0 Å². The van der Waals surface area contributed by atoms with Crippen LogP contribution in [0.15, 0.2) is 54.4 Å². The third kappa shape index (κ3) is 4.30. The minimum absolute atomic E-state index is 0.000414. The van der Waals surface area contributed by atoms with Gasteiger partial charge in [0.05, 0.1) is 31.4 Å². The van der Waals surface area contributed by atoms with E-state index in [1.165, 1.54) is 12.0 Å². The normalized spacial score (nSPS) is 18.5. The summed E-state index contributed by atoms with van der Waals surface area (Å²) in [6.45, 7) is 4.29. The third-order valence-corrected chi connectivity index (χ3v) is 4.67. The standard InChI is InChI=1S/C22H24N2O5/c1-14(2)29-11-10-24-19(16-7-5-9-23-13-16)18(21(26)22(24)27)20(25)15-6-4-8-17(12-15)28-3/h4-9,12-14,19,25H,10-11H2,1-3H3/b20-18-. The Labute approximate surface area is 169 Å². The first-order valence-corrected chi connectivity index (χ1v) is 9.38. The van der Waals surface area contributed by atoms with E-state index in [0.29, 0.717) is 16.9 Å². The lowest BCUT2D eigenvalue weighted by Gasteiger charge is -2.25. The minimum atomic E-state index is -0.745. The van der Waals surface area contributed by atoms with Crippen LogP contribution in [0.4, 0.5) is 0 Å². The second-order valence-electron chi connectivity index (χ2n) is 6.93. The SMILES string of the molecule is COc1cccc(/C(O)=C2/C(=O)C(=O)N(CCOC(C)C)C2c2cccnc2)c1. The number of likely N-dealkylation sites (tertiary alicyclic amines) is 1. The van der Waals surface area contributed by atoms with Crippen molar-refractivity contribution < 1.29 is 24.2 Å². The van der Waals surface area contributed by atoms with Crippen molar-refractivity contribution in [2.24, 2.45) is 0 Å². The lowest BCUT2D eigenvalue weighted by atomic mass is 9.96. The molecule has 1 aromatic heterocycles. The van der Waals surface area contributed by atoms with Gasteiger partial charge in [0.1, 0.15) is 11.5 Å². The lowest BCUT2D eigenvalue weighted by Crippen LogP contribution is -2.33. The molecule has 1 N–H and O–H groups in total. The Balaban J connectivity index is 2.07. The summed E-state index contributed by atoms with van der Waals surface area (Å²) in [6.07, 6.45) is 3.20. The van der Waals surface area contributed by atoms with Crippen molar-refractivity contribution in [3.8, 4) is 5.75 Å². The molecule has 29 heavy (non-hydrogen) atoms. The van der Waals surface area contributed by atoms with Crippen LogP contribution in [0.25, 0.3) is 5.76 Å². The summed E-state index contributed by atoms with van der Waals surface area (Å²) in [6, 6.07) is 9.48. The summed E-state index contributed by atoms with van der Waals surface area (Å²) in [5, 5.41) is 11.0. The Morgan fingerprint density at radius 3 is 2.69 bits per heavy atom. The van der Waals surface area contributed by atoms with Gasteiger partial charge in [-0.15, -0.1) is 0 Å². The van der Waals surface area contributed by atoms with Crippen LogP contribution < -0.4 is 4.74 Å². The maximum Gasteiger partial charge on any atom is 0.295 e. The predicted molar refractivity (Wildman–Crippen MR) is 107 cm³/mol. The number of carbonyl (C=O) groups excluding carboxylic acids is 2. The molecule has 152 valence electrons. The number of nitrogens with zero attached hydrogens (tertiary/aromatic N) is 2. The fraction of sp³-hybridized carbons (Fsp3) is 0.318. The van der Waals surface area contributed by atoms with Gasteiger partial charge in [-0.1, -0.05) is 18.2 Å². The van der Waals surface area contributed by atoms with Crippen molar-refractivity contribution in [3.63, 3.8) is 0 Å². The summed E-state index contributed by atoms with van der Waals surface area (Å²) in [7, 11) is 1.52. The summed E-state index contributed by atoms with van der Waals surface area (Å²) in [5.74, 6) is -1.12. The minimum Gasteiger partial charge on any atom is -0.507 e. The van der Waals surface area contributed by atoms with Gasteiger partial charge in [-0.05, 0) is 37.6 Å². The molecular weight excluding hydrogens is 372 g/mol. The average molecular weight is 396 g/mol. The first-order chi connectivity index (χ1) is 13.9. The van der Waals surface area contributed by atoms with Crippen molar-refractivity contribution in [1.82, 2.24) is 9.88 Å². The van der Waals surface area contributed by atoms with Crippen LogP contribution in [-0.2, 0) is 14.3 Å². The number of aliphatic hydroxyl groups excluding tert-OH is 1. The number of ketones is 1. The molecule has 2 heterocycles. The molecule has 7 heteroatoms. The molecule has 1 aromatic carbocycles. The van der Waals surface area contributed by atoms with Gasteiger partial charge in [-0.25, -0.2) is 0 Å². The van der Waals surface area contributed by atoms with Crippen LogP contribution >= 0.6 is 0 Å². The highest BCUT2D eigenvalue weighted by Crippen LogP contribution is 2.39. The van der Waals surface area contributed by atoms with E-state index in [2.05, 4.69) is 4.98 Å². The van der Waals surface area contributed by atoms with Crippen LogP contribution in [0.3, 0.4) is 0 Å². The van der Waals surface area contributed by atoms with Gasteiger partial charge in [-0.3, -0.25) is 14.6 Å². The van der Waals surface area contributed by atoms with E-state index in [1.54, 1.807) is 48.8 Å². The first kappa shape index (κ1) is 20.5. The summed E-state index contributed by atoms with van der Waals surface area (Å²) >= 11 is 0. The molecule has 0 aliphatic carbocycles. The van der Waals surface area contributed by atoms with E-state index in [1.807, 2.05) is 13.8 Å². The van der Waals surface area contributed by atoms with Crippen molar-refractivity contribution in [2.75, 3.05) is 20.3 Å². The number of aliphatic hydroxyl groups is 1. The smallest absolute Gasteiger partial charge is 0.295 e. The third-order valence-electron chi connectivity index (χ3n) is 4.67. The number of hydrogen-bond donors (Lipinski definition) is 1. The zero-order valence-corrected chi connectivity index (χ0v) is 16.7. The molecule has 1 unspecified atom stereocenters. The number of amides is 1. The predicted octanol–water partition coefficient (Wildman–Crippen LogP) is 2.94. The van der Waals surface area contributed by atoms with Crippen molar-refractivity contribution >= 4 is 17.4 Å². The van der Waals surface area contributed by atoms with Crippen LogP contribution in [0.1, 0.15) is 31.0 Å². The van der Waals surface area contributed by atoms with Gasteiger partial charge < -0.3 is 19.5 Å². The van der Waals surface area contributed by atoms with Gasteiger partial charge >= 0.3 is 0 Å². The highest BCUT2D eigenvalue weighted by molar-refractivity contribution is 6.46. The maximum atomic E-state index is 12.9. The molecule has 2 aromatic rings. The van der Waals surface area contributed by atoms with Crippen LogP contribution in [0.5, 0.6) is 5.75 Å². The molecular formula is C22H24N2O5. The van der Waals surface area contributed by atoms with Gasteiger partial charge in [0.2, 0.25) is 0 Å². The van der Waals surface area contributed by atoms with E-state index in [0.717, 1.165) is 0 Å². The van der Waals surface area contributed by atoms with Crippen LogP contribution in [-0.4, -0.2) is 53.0 Å². The van der Waals surface area contributed by atoms with E-state index < -0.39 is 17.7 Å². The first-order valence-electron chi connectivity index (χ1n) is 9.38. The topological polar surface area (TPSA) is 89.0 Å². The molecule has 7 nitrogen and oxygen atoms in total. The molecule has 3 rings (SSSR count). The van der Waals surface area contributed by atoms with Gasteiger partial charge in [0.15, 0.2) is 0 Å². The summed E-state index contributed by atoms with van der Waals surface area (Å²) in [4.78, 5) is 31.2. The zero-order valence-electron chi connectivity index (χ0n) is 16.7. The van der Waals surface area contributed by atoms with E-state index in [9.17, 15) is 14.7 Å². The largest absolute Gasteiger partial charge is 0.507 e. The number of methoxy groups -OCH3 is 1. The number of Topliss-reactive ketones (excluding diaryl/α,β-unsaturated/α-hetero) is 1. The molecule has 1 saturated heterocycles. The molecule has 0 bridgehead atoms. The van der Waals surface area contributed by atoms with Gasteiger partial charge in [0, 0.05) is 24.5 Å². The monoisotopic (exact) mass is 396 g/mol. The molecule has 0 radical (unpaired) electrons.